The van der Waals surface area contributed by atoms with E-state index in [2.05, 4.69) is 27.7 Å². The first-order valence-corrected chi connectivity index (χ1v) is 12.3. The van der Waals surface area contributed by atoms with E-state index in [9.17, 15) is 14.7 Å². The lowest BCUT2D eigenvalue weighted by Crippen LogP contribution is -2.49. The SMILES string of the molecule is CCN(CC)C(=O)N[C@@H](CCN(CCCCc1ccc2c(n1)NCCC2)C1CC1)C(=O)O. The minimum Gasteiger partial charge on any atom is -0.480 e. The molecule has 3 N–H and O–H groups in total. The number of rotatable bonds is 13. The number of aliphatic carboxylic acids is 1. The number of aromatic nitrogens is 1. The Morgan fingerprint density at radius 2 is 2.00 bits per heavy atom. The van der Waals surface area contributed by atoms with Gasteiger partial charge in [0, 0.05) is 37.9 Å². The summed E-state index contributed by atoms with van der Waals surface area (Å²) in [7, 11) is 0. The number of carboxylic acids is 1. The van der Waals surface area contributed by atoms with Gasteiger partial charge in [0.1, 0.15) is 11.9 Å². The van der Waals surface area contributed by atoms with Crippen molar-refractivity contribution in [3.63, 3.8) is 0 Å². The van der Waals surface area contributed by atoms with E-state index in [1.54, 1.807) is 4.90 Å². The van der Waals surface area contributed by atoms with Crippen molar-refractivity contribution in [1.82, 2.24) is 20.1 Å². The van der Waals surface area contributed by atoms with Crippen molar-refractivity contribution in [3.05, 3.63) is 23.4 Å². The first-order chi connectivity index (χ1) is 15.5. The van der Waals surface area contributed by atoms with Gasteiger partial charge in [-0.15, -0.1) is 0 Å². The Kier molecular flexibility index (Phi) is 9.14. The van der Waals surface area contributed by atoms with Crippen molar-refractivity contribution in [1.29, 1.82) is 0 Å². The number of carbonyl (C=O) groups excluding carboxylic acids is 1. The fraction of sp³-hybridized carbons (Fsp3) is 0.708. The summed E-state index contributed by atoms with van der Waals surface area (Å²) in [6.07, 6.45) is 8.17. The average Bonchev–Trinajstić information content (AvgIpc) is 3.63. The number of carbonyl (C=O) groups is 2. The number of anilines is 1. The minimum atomic E-state index is -0.964. The quantitative estimate of drug-likeness (QED) is 0.404. The maximum atomic E-state index is 12.3. The highest BCUT2D eigenvalue weighted by atomic mass is 16.4. The number of carboxylic acid groups (broad SMARTS) is 1. The number of pyridine rings is 1. The van der Waals surface area contributed by atoms with Crippen molar-refractivity contribution in [2.75, 3.05) is 38.0 Å². The predicted octanol–water partition coefficient (Wildman–Crippen LogP) is 3.12. The van der Waals surface area contributed by atoms with E-state index in [0.29, 0.717) is 32.1 Å². The molecule has 0 aromatic carbocycles. The van der Waals surface area contributed by atoms with Gasteiger partial charge < -0.3 is 25.5 Å². The molecular weight excluding hydrogens is 406 g/mol. The predicted molar refractivity (Wildman–Crippen MR) is 126 cm³/mol. The Labute approximate surface area is 191 Å². The number of amides is 2. The van der Waals surface area contributed by atoms with Crippen LogP contribution in [0, 0.1) is 0 Å². The number of fused-ring (bicyclic) bond motifs is 1. The van der Waals surface area contributed by atoms with E-state index in [4.69, 9.17) is 4.98 Å². The fourth-order valence-electron chi connectivity index (χ4n) is 4.35. The van der Waals surface area contributed by atoms with Gasteiger partial charge in [-0.25, -0.2) is 14.6 Å². The van der Waals surface area contributed by atoms with Gasteiger partial charge in [0.2, 0.25) is 0 Å². The molecule has 0 bridgehead atoms. The van der Waals surface area contributed by atoms with Crippen LogP contribution in [0.5, 0.6) is 0 Å². The van der Waals surface area contributed by atoms with Crippen LogP contribution in [0.4, 0.5) is 10.6 Å². The number of unbranched alkanes of at least 4 members (excludes halogenated alkanes) is 1. The third kappa shape index (κ3) is 7.08. The normalized spacial score (nSPS) is 16.2. The van der Waals surface area contributed by atoms with Crippen LogP contribution in [0.15, 0.2) is 12.1 Å². The molecule has 8 heteroatoms. The third-order valence-electron chi connectivity index (χ3n) is 6.49. The highest BCUT2D eigenvalue weighted by Gasteiger charge is 2.30. The topological polar surface area (TPSA) is 97.8 Å². The maximum absolute atomic E-state index is 12.3. The fourth-order valence-corrected chi connectivity index (χ4v) is 4.35. The Morgan fingerprint density at radius 3 is 2.69 bits per heavy atom. The van der Waals surface area contributed by atoms with Crippen LogP contribution in [0.3, 0.4) is 0 Å². The second-order valence-electron chi connectivity index (χ2n) is 8.87. The number of nitrogens with zero attached hydrogens (tertiary/aromatic N) is 3. The largest absolute Gasteiger partial charge is 0.480 e. The lowest BCUT2D eigenvalue weighted by molar-refractivity contribution is -0.139. The van der Waals surface area contributed by atoms with Crippen molar-refractivity contribution in [2.45, 2.75) is 77.3 Å². The molecule has 1 atom stereocenters. The van der Waals surface area contributed by atoms with Crippen LogP contribution in [0.25, 0.3) is 0 Å². The van der Waals surface area contributed by atoms with E-state index >= 15 is 0 Å². The summed E-state index contributed by atoms with van der Waals surface area (Å²) < 4.78 is 0. The van der Waals surface area contributed by atoms with Gasteiger partial charge in [-0.3, -0.25) is 0 Å². The number of hydrogen-bond acceptors (Lipinski definition) is 5. The van der Waals surface area contributed by atoms with Crippen LogP contribution in [-0.4, -0.2) is 76.7 Å². The summed E-state index contributed by atoms with van der Waals surface area (Å²) in [4.78, 5) is 32.8. The van der Waals surface area contributed by atoms with Crippen LogP contribution < -0.4 is 10.6 Å². The summed E-state index contributed by atoms with van der Waals surface area (Å²) in [6, 6.07) is 3.78. The molecule has 1 saturated carbocycles. The summed E-state index contributed by atoms with van der Waals surface area (Å²) in [5.74, 6) is 0.0909. The molecule has 1 aromatic rings. The van der Waals surface area contributed by atoms with E-state index in [-0.39, 0.29) is 6.03 Å². The van der Waals surface area contributed by atoms with Crippen LogP contribution in [-0.2, 0) is 17.6 Å². The molecule has 0 spiro atoms. The Hall–Kier alpha value is -2.35. The molecular formula is C24H39N5O3. The molecule has 2 heterocycles. The second kappa shape index (κ2) is 12.0. The zero-order valence-electron chi connectivity index (χ0n) is 19.6. The second-order valence-corrected chi connectivity index (χ2v) is 8.87. The molecule has 32 heavy (non-hydrogen) atoms. The zero-order chi connectivity index (χ0) is 22.9. The van der Waals surface area contributed by atoms with Gasteiger partial charge in [0.15, 0.2) is 0 Å². The Bertz CT molecular complexity index is 764. The van der Waals surface area contributed by atoms with Crippen LogP contribution in [0.2, 0.25) is 0 Å². The third-order valence-corrected chi connectivity index (χ3v) is 6.49. The van der Waals surface area contributed by atoms with Crippen molar-refractivity contribution < 1.29 is 14.7 Å². The maximum Gasteiger partial charge on any atom is 0.326 e. The summed E-state index contributed by atoms with van der Waals surface area (Å²) in [6.45, 7) is 7.58. The van der Waals surface area contributed by atoms with Gasteiger partial charge in [0.25, 0.3) is 0 Å². The molecule has 178 valence electrons. The summed E-state index contributed by atoms with van der Waals surface area (Å²) in [5.41, 5.74) is 2.46. The number of urea groups is 1. The molecule has 1 fully saturated rings. The van der Waals surface area contributed by atoms with Gasteiger partial charge >= 0.3 is 12.0 Å². The molecule has 2 amide bonds. The Balaban J connectivity index is 1.43. The van der Waals surface area contributed by atoms with E-state index in [0.717, 1.165) is 50.3 Å². The molecule has 8 nitrogen and oxygen atoms in total. The highest BCUT2D eigenvalue weighted by molar-refractivity contribution is 5.82. The summed E-state index contributed by atoms with van der Waals surface area (Å²) >= 11 is 0. The monoisotopic (exact) mass is 445 g/mol. The first kappa shape index (κ1) is 24.3. The molecule has 3 rings (SSSR count). The number of aryl methyl sites for hydroxylation is 2. The molecule has 1 aliphatic heterocycles. The first-order valence-electron chi connectivity index (χ1n) is 12.3. The molecule has 0 saturated heterocycles. The lowest BCUT2D eigenvalue weighted by Gasteiger charge is -2.26. The van der Waals surface area contributed by atoms with Crippen LogP contribution >= 0.6 is 0 Å². The molecule has 1 aromatic heterocycles. The van der Waals surface area contributed by atoms with Gasteiger partial charge in [-0.2, -0.15) is 0 Å². The van der Waals surface area contributed by atoms with Gasteiger partial charge in [-0.1, -0.05) is 6.07 Å². The zero-order valence-corrected chi connectivity index (χ0v) is 19.6. The average molecular weight is 446 g/mol. The minimum absolute atomic E-state index is 0.299. The number of hydrogen-bond donors (Lipinski definition) is 3. The van der Waals surface area contributed by atoms with E-state index in [1.165, 1.54) is 24.8 Å². The smallest absolute Gasteiger partial charge is 0.326 e. The lowest BCUT2D eigenvalue weighted by atomic mass is 10.1. The molecule has 1 aliphatic carbocycles. The standard InChI is InChI=1S/C24H39N5O3/c1-3-28(4-2)24(32)27-21(23(30)31)14-17-29(20-12-13-20)16-6-5-9-19-11-10-18-8-7-15-25-22(18)26-19/h10-11,20-21H,3-9,12-17H2,1-2H3,(H,25,26)(H,27,32)(H,30,31)/t21-/m0/s1. The molecule has 0 radical (unpaired) electrons. The van der Waals surface area contributed by atoms with Crippen molar-refractivity contribution in [3.8, 4) is 0 Å². The van der Waals surface area contributed by atoms with Gasteiger partial charge in [0.05, 0.1) is 0 Å². The molecule has 0 unspecified atom stereocenters. The Morgan fingerprint density at radius 1 is 1.22 bits per heavy atom. The molecule has 2 aliphatic rings. The summed E-state index contributed by atoms with van der Waals surface area (Å²) in [5, 5.41) is 15.7. The van der Waals surface area contributed by atoms with E-state index < -0.39 is 12.0 Å². The van der Waals surface area contributed by atoms with Crippen molar-refractivity contribution in [2.24, 2.45) is 0 Å². The number of nitrogens with one attached hydrogen (secondary N) is 2. The highest BCUT2D eigenvalue weighted by Crippen LogP contribution is 2.27. The van der Waals surface area contributed by atoms with Gasteiger partial charge in [-0.05, 0) is 83.4 Å². The van der Waals surface area contributed by atoms with Crippen molar-refractivity contribution >= 4 is 17.8 Å². The van der Waals surface area contributed by atoms with Crippen LogP contribution in [0.1, 0.15) is 63.6 Å². The van der Waals surface area contributed by atoms with E-state index in [1.807, 2.05) is 13.8 Å².